The first kappa shape index (κ1) is 20.3. The first-order valence-corrected chi connectivity index (χ1v) is 11.2. The Labute approximate surface area is 175 Å². The van der Waals surface area contributed by atoms with E-state index in [2.05, 4.69) is 23.7 Å². The summed E-state index contributed by atoms with van der Waals surface area (Å²) in [6, 6.07) is 9.55. The maximum Gasteiger partial charge on any atom is 0.322 e. The van der Waals surface area contributed by atoms with Crippen LogP contribution in [-0.2, 0) is 16.6 Å². The molecule has 0 saturated heterocycles. The fraction of sp³-hybridized carbons (Fsp3) is 0.222. The van der Waals surface area contributed by atoms with Gasteiger partial charge in [0.1, 0.15) is 22.6 Å². The minimum atomic E-state index is -3.83. The van der Waals surface area contributed by atoms with Gasteiger partial charge in [0, 0.05) is 6.54 Å². The zero-order chi connectivity index (χ0) is 21.3. The molecule has 0 saturated carbocycles. The van der Waals surface area contributed by atoms with Gasteiger partial charge in [0.05, 0.1) is 22.7 Å². The van der Waals surface area contributed by atoms with Gasteiger partial charge in [-0.15, -0.1) is 5.10 Å². The number of hydrogen-bond donors (Lipinski definition) is 1. The van der Waals surface area contributed by atoms with Gasteiger partial charge in [0.25, 0.3) is 0 Å². The Hall–Kier alpha value is -2.96. The van der Waals surface area contributed by atoms with Crippen LogP contribution in [0, 0.1) is 5.82 Å². The number of nitrogens with one attached hydrogen (secondary N) is 1. The monoisotopic (exact) mass is 448 g/mol. The fourth-order valence-corrected chi connectivity index (χ4v) is 4.62. The number of hydrogen-bond acceptors (Lipinski definition) is 8. The van der Waals surface area contributed by atoms with Crippen LogP contribution in [0.25, 0.3) is 11.0 Å². The van der Waals surface area contributed by atoms with Crippen molar-refractivity contribution in [2.45, 2.75) is 31.3 Å². The normalized spacial score (nSPS) is 12.9. The van der Waals surface area contributed by atoms with Crippen LogP contribution in [0.5, 0.6) is 11.8 Å². The molecule has 0 fully saturated rings. The van der Waals surface area contributed by atoms with Crippen molar-refractivity contribution in [3.8, 4) is 11.8 Å². The Morgan fingerprint density at radius 3 is 2.60 bits per heavy atom. The van der Waals surface area contributed by atoms with Crippen LogP contribution in [0.1, 0.15) is 25.7 Å². The van der Waals surface area contributed by atoms with Crippen LogP contribution in [0.3, 0.4) is 0 Å². The Bertz CT molecular complexity index is 1290. The third kappa shape index (κ3) is 4.01. The van der Waals surface area contributed by atoms with E-state index in [0.29, 0.717) is 29.2 Å². The fourth-order valence-electron chi connectivity index (χ4n) is 2.88. The maximum atomic E-state index is 13.1. The maximum absolute atomic E-state index is 13.1. The van der Waals surface area contributed by atoms with Crippen LogP contribution in [0.2, 0.25) is 0 Å². The van der Waals surface area contributed by atoms with Crippen LogP contribution in [0.4, 0.5) is 4.39 Å². The van der Waals surface area contributed by atoms with Crippen molar-refractivity contribution >= 4 is 32.8 Å². The molecule has 4 rings (SSSR count). The average Bonchev–Trinajstić information content (AvgIpc) is 3.35. The number of aromatic nitrogens is 5. The minimum Gasteiger partial charge on any atom is -0.424 e. The molecule has 1 N–H and O–H groups in total. The molecule has 2 aromatic heterocycles. The molecule has 0 radical (unpaired) electrons. The van der Waals surface area contributed by atoms with Gasteiger partial charge in [-0.1, -0.05) is 5.10 Å². The molecule has 30 heavy (non-hydrogen) atoms. The van der Waals surface area contributed by atoms with E-state index in [-0.39, 0.29) is 16.7 Å². The lowest BCUT2D eigenvalue weighted by molar-refractivity contribution is 0.407. The Morgan fingerprint density at radius 1 is 1.13 bits per heavy atom. The van der Waals surface area contributed by atoms with Crippen molar-refractivity contribution in [2.75, 3.05) is 0 Å². The zero-order valence-corrected chi connectivity index (χ0v) is 17.6. The summed E-state index contributed by atoms with van der Waals surface area (Å²) in [4.78, 5) is 0.0832. The zero-order valence-electron chi connectivity index (χ0n) is 16.0. The number of rotatable bonds is 7. The highest BCUT2D eigenvalue weighted by Crippen LogP contribution is 2.25. The first-order valence-electron chi connectivity index (χ1n) is 8.98. The summed E-state index contributed by atoms with van der Waals surface area (Å²) >= 11 is 1.02. The molecule has 4 aromatic rings. The molecule has 0 aliphatic rings. The van der Waals surface area contributed by atoms with Gasteiger partial charge in [0.15, 0.2) is 5.82 Å². The molecule has 12 heteroatoms. The van der Waals surface area contributed by atoms with Crippen molar-refractivity contribution in [1.29, 1.82) is 0 Å². The van der Waals surface area contributed by atoms with E-state index in [4.69, 9.17) is 4.74 Å². The summed E-state index contributed by atoms with van der Waals surface area (Å²) in [6.45, 7) is 3.97. The van der Waals surface area contributed by atoms with Gasteiger partial charge in [-0.2, -0.15) is 8.75 Å². The second-order valence-electron chi connectivity index (χ2n) is 6.40. The van der Waals surface area contributed by atoms with E-state index in [1.807, 2.05) is 6.92 Å². The van der Waals surface area contributed by atoms with Gasteiger partial charge in [-0.3, -0.25) is 4.57 Å². The van der Waals surface area contributed by atoms with E-state index in [0.717, 1.165) is 11.7 Å². The van der Waals surface area contributed by atoms with E-state index >= 15 is 0 Å². The summed E-state index contributed by atoms with van der Waals surface area (Å²) < 4.78 is 56.8. The predicted octanol–water partition coefficient (Wildman–Crippen LogP) is 3.27. The quantitative estimate of drug-likeness (QED) is 0.462. The standard InChI is InChI=1S/C18H17FN6O3S2/c1-3-25-17(20-21-18(25)28-13-6-4-12(19)5-7-13)11(2)24-30(26,27)14-8-9-15-16(10-14)23-29-22-15/h4-11,24H,3H2,1-2H3/t11-/m1/s1. The predicted molar refractivity (Wildman–Crippen MR) is 108 cm³/mol. The van der Waals surface area contributed by atoms with Gasteiger partial charge in [-0.05, 0) is 56.3 Å². The Balaban J connectivity index is 1.57. The van der Waals surface area contributed by atoms with E-state index in [1.54, 1.807) is 17.6 Å². The summed E-state index contributed by atoms with van der Waals surface area (Å²) in [5.41, 5.74) is 1.16. The summed E-state index contributed by atoms with van der Waals surface area (Å²) in [6.07, 6.45) is 0. The number of ether oxygens (including phenoxy) is 1. The van der Waals surface area contributed by atoms with E-state index in [1.165, 1.54) is 36.4 Å². The van der Waals surface area contributed by atoms with Gasteiger partial charge in [0.2, 0.25) is 10.0 Å². The van der Waals surface area contributed by atoms with Crippen LogP contribution >= 0.6 is 11.7 Å². The molecule has 0 aliphatic carbocycles. The highest BCUT2D eigenvalue weighted by atomic mass is 32.2. The molecule has 2 heterocycles. The Kier molecular flexibility index (Phi) is 5.45. The molecular weight excluding hydrogens is 431 g/mol. The van der Waals surface area contributed by atoms with Crippen LogP contribution in [-0.4, -0.2) is 31.9 Å². The molecule has 2 aromatic carbocycles. The number of halogens is 1. The third-order valence-corrected chi connectivity index (χ3v) is 6.43. The van der Waals surface area contributed by atoms with E-state index in [9.17, 15) is 12.8 Å². The summed E-state index contributed by atoms with van der Waals surface area (Å²) in [5, 5.41) is 8.09. The van der Waals surface area contributed by atoms with Crippen LogP contribution in [0.15, 0.2) is 47.4 Å². The number of sulfonamides is 1. The van der Waals surface area contributed by atoms with Gasteiger partial charge in [-0.25, -0.2) is 17.5 Å². The van der Waals surface area contributed by atoms with Crippen molar-refractivity contribution in [3.05, 3.63) is 54.1 Å². The largest absolute Gasteiger partial charge is 0.424 e. The summed E-state index contributed by atoms with van der Waals surface area (Å²) in [7, 11) is -3.83. The molecule has 0 aliphatic heterocycles. The lowest BCUT2D eigenvalue weighted by Crippen LogP contribution is -2.29. The molecule has 0 unspecified atom stereocenters. The highest BCUT2D eigenvalue weighted by Gasteiger charge is 2.24. The van der Waals surface area contributed by atoms with Crippen molar-refractivity contribution in [2.24, 2.45) is 0 Å². The van der Waals surface area contributed by atoms with Gasteiger partial charge < -0.3 is 4.74 Å². The molecule has 1 atom stereocenters. The second kappa shape index (κ2) is 8.05. The smallest absolute Gasteiger partial charge is 0.322 e. The van der Waals surface area contributed by atoms with Crippen molar-refractivity contribution in [1.82, 2.24) is 28.2 Å². The second-order valence-corrected chi connectivity index (χ2v) is 8.64. The molecule has 0 bridgehead atoms. The first-order chi connectivity index (χ1) is 14.4. The summed E-state index contributed by atoms with van der Waals surface area (Å²) in [5.74, 6) is 0.396. The lowest BCUT2D eigenvalue weighted by atomic mass is 10.3. The SMILES string of the molecule is CCn1c(Oc2ccc(F)cc2)nnc1[C@@H](C)NS(=O)(=O)c1ccc2nsnc2c1. The number of nitrogens with zero attached hydrogens (tertiary/aromatic N) is 5. The minimum absolute atomic E-state index is 0.0832. The number of fused-ring (bicyclic) bond motifs is 1. The van der Waals surface area contributed by atoms with Gasteiger partial charge >= 0.3 is 6.01 Å². The lowest BCUT2D eigenvalue weighted by Gasteiger charge is -2.15. The molecule has 9 nitrogen and oxygen atoms in total. The molecular formula is C18H17FN6O3S2. The molecule has 0 amide bonds. The molecule has 156 valence electrons. The number of benzene rings is 2. The van der Waals surface area contributed by atoms with Crippen molar-refractivity contribution < 1.29 is 17.5 Å². The third-order valence-electron chi connectivity index (χ3n) is 4.34. The van der Waals surface area contributed by atoms with Crippen LogP contribution < -0.4 is 9.46 Å². The Morgan fingerprint density at radius 2 is 1.87 bits per heavy atom. The average molecular weight is 449 g/mol. The van der Waals surface area contributed by atoms with E-state index < -0.39 is 16.1 Å². The molecule has 0 spiro atoms. The topological polar surface area (TPSA) is 112 Å². The van der Waals surface area contributed by atoms with Crippen molar-refractivity contribution in [3.63, 3.8) is 0 Å². The highest BCUT2D eigenvalue weighted by molar-refractivity contribution is 7.89.